The second-order valence-corrected chi connectivity index (χ2v) is 10.0. The van der Waals surface area contributed by atoms with Crippen LogP contribution >= 0.6 is 0 Å². The molecule has 2 unspecified atom stereocenters. The van der Waals surface area contributed by atoms with Crippen LogP contribution in [-0.2, 0) is 6.42 Å². The lowest BCUT2D eigenvalue weighted by molar-refractivity contribution is 0.190. The van der Waals surface area contributed by atoms with Crippen LogP contribution in [0.1, 0.15) is 109 Å². The minimum atomic E-state index is 0.792. The van der Waals surface area contributed by atoms with E-state index in [1.54, 1.807) is 0 Å². The van der Waals surface area contributed by atoms with Crippen molar-refractivity contribution < 1.29 is 4.74 Å². The molecule has 1 aromatic heterocycles. The second-order valence-electron chi connectivity index (χ2n) is 10.0. The highest BCUT2D eigenvalue weighted by Gasteiger charge is 2.24. The minimum Gasteiger partial charge on any atom is -0.494 e. The quantitative estimate of drug-likeness (QED) is 0.254. The first-order valence-corrected chi connectivity index (χ1v) is 13.8. The Balaban J connectivity index is 1.37. The molecule has 0 N–H and O–H groups in total. The number of hydrogen-bond donors (Lipinski definition) is 0. The van der Waals surface area contributed by atoms with E-state index in [0.717, 1.165) is 42.0 Å². The average molecular weight is 451 g/mol. The van der Waals surface area contributed by atoms with Gasteiger partial charge in [0.2, 0.25) is 0 Å². The zero-order valence-corrected chi connectivity index (χ0v) is 21.2. The Morgan fingerprint density at radius 1 is 0.758 bits per heavy atom. The summed E-state index contributed by atoms with van der Waals surface area (Å²) in [5.74, 6) is 3.63. The fraction of sp³-hybridized carbons (Fsp3) is 0.667. The molecular weight excluding hydrogens is 404 g/mol. The van der Waals surface area contributed by atoms with Crippen molar-refractivity contribution in [1.29, 1.82) is 0 Å². The molecule has 0 aliphatic heterocycles. The van der Waals surface area contributed by atoms with Gasteiger partial charge in [0.05, 0.1) is 6.61 Å². The summed E-state index contributed by atoms with van der Waals surface area (Å²) in [4.78, 5) is 9.10. The summed E-state index contributed by atoms with van der Waals surface area (Å²) in [5.41, 5.74) is 2.27. The molecule has 0 amide bonds. The van der Waals surface area contributed by atoms with E-state index in [1.807, 2.05) is 12.4 Å². The molecule has 0 bridgehead atoms. The van der Waals surface area contributed by atoms with Gasteiger partial charge in [-0.25, -0.2) is 9.97 Å². The summed E-state index contributed by atoms with van der Waals surface area (Å²) in [7, 11) is 0. The zero-order valence-electron chi connectivity index (χ0n) is 21.2. The Bertz CT molecular complexity index is 756. The van der Waals surface area contributed by atoms with Gasteiger partial charge in [-0.05, 0) is 67.3 Å². The number of benzene rings is 1. The SMILES string of the molecule is CCCCCCCC1CCCCC1CCCOc1ccc(-c2ncc(CCCC)cn2)cc1. The highest BCUT2D eigenvalue weighted by molar-refractivity contribution is 5.55. The third-order valence-corrected chi connectivity index (χ3v) is 7.37. The van der Waals surface area contributed by atoms with Crippen molar-refractivity contribution in [2.75, 3.05) is 6.61 Å². The van der Waals surface area contributed by atoms with Gasteiger partial charge in [0.25, 0.3) is 0 Å². The zero-order chi connectivity index (χ0) is 23.1. The van der Waals surface area contributed by atoms with Gasteiger partial charge >= 0.3 is 0 Å². The van der Waals surface area contributed by atoms with Crippen molar-refractivity contribution in [3.05, 3.63) is 42.2 Å². The molecule has 1 aliphatic carbocycles. The molecule has 1 fully saturated rings. The van der Waals surface area contributed by atoms with Crippen molar-refractivity contribution in [3.8, 4) is 17.1 Å². The van der Waals surface area contributed by atoms with Gasteiger partial charge in [0.1, 0.15) is 5.75 Å². The smallest absolute Gasteiger partial charge is 0.159 e. The van der Waals surface area contributed by atoms with E-state index in [-0.39, 0.29) is 0 Å². The summed E-state index contributed by atoms with van der Waals surface area (Å²) < 4.78 is 6.07. The highest BCUT2D eigenvalue weighted by Crippen LogP contribution is 2.36. The topological polar surface area (TPSA) is 35.0 Å². The van der Waals surface area contributed by atoms with Crippen LogP contribution in [0.3, 0.4) is 0 Å². The maximum absolute atomic E-state index is 6.07. The lowest BCUT2D eigenvalue weighted by atomic mass is 9.74. The summed E-state index contributed by atoms with van der Waals surface area (Å²) in [5, 5.41) is 0. The molecule has 1 aliphatic rings. The molecule has 0 saturated heterocycles. The van der Waals surface area contributed by atoms with Gasteiger partial charge in [-0.3, -0.25) is 0 Å². The van der Waals surface area contributed by atoms with E-state index in [4.69, 9.17) is 4.74 Å². The summed E-state index contributed by atoms with van der Waals surface area (Å²) in [6.07, 6.45) is 24.2. The van der Waals surface area contributed by atoms with Crippen LogP contribution in [0, 0.1) is 11.8 Å². The average Bonchev–Trinajstić information content (AvgIpc) is 2.87. The number of hydrogen-bond acceptors (Lipinski definition) is 3. The number of ether oxygens (including phenoxy) is 1. The van der Waals surface area contributed by atoms with Crippen LogP contribution in [0.25, 0.3) is 11.4 Å². The Morgan fingerprint density at radius 2 is 1.39 bits per heavy atom. The number of rotatable bonds is 15. The molecule has 33 heavy (non-hydrogen) atoms. The summed E-state index contributed by atoms with van der Waals surface area (Å²) in [6, 6.07) is 8.27. The standard InChI is InChI=1S/C30H46N2O/c1-3-5-7-8-9-14-26-15-10-11-16-27(26)17-12-22-33-29-20-18-28(19-21-29)30-31-23-25(24-32-30)13-6-4-2/h18-21,23-24,26-27H,3-17,22H2,1-2H3. The first-order valence-electron chi connectivity index (χ1n) is 13.8. The number of aromatic nitrogens is 2. The van der Waals surface area contributed by atoms with Crippen molar-refractivity contribution in [2.45, 2.75) is 110 Å². The van der Waals surface area contributed by atoms with Crippen LogP contribution in [0.4, 0.5) is 0 Å². The van der Waals surface area contributed by atoms with Crippen molar-refractivity contribution in [3.63, 3.8) is 0 Å². The molecule has 3 rings (SSSR count). The lowest BCUT2D eigenvalue weighted by Gasteiger charge is -2.31. The number of unbranched alkanes of at least 4 members (excludes halogenated alkanes) is 5. The molecule has 0 spiro atoms. The van der Waals surface area contributed by atoms with E-state index in [1.165, 1.54) is 95.5 Å². The van der Waals surface area contributed by atoms with Crippen LogP contribution in [0.5, 0.6) is 5.75 Å². The second kappa shape index (κ2) is 15.1. The van der Waals surface area contributed by atoms with Gasteiger partial charge in [-0.1, -0.05) is 84.5 Å². The molecule has 2 aromatic rings. The van der Waals surface area contributed by atoms with Gasteiger partial charge in [0, 0.05) is 18.0 Å². The van der Waals surface area contributed by atoms with Gasteiger partial charge < -0.3 is 4.74 Å². The van der Waals surface area contributed by atoms with Crippen molar-refractivity contribution in [1.82, 2.24) is 9.97 Å². The van der Waals surface area contributed by atoms with Crippen LogP contribution < -0.4 is 4.74 Å². The Labute approximate surface area is 202 Å². The van der Waals surface area contributed by atoms with Gasteiger partial charge in [-0.2, -0.15) is 0 Å². The van der Waals surface area contributed by atoms with E-state index in [9.17, 15) is 0 Å². The normalized spacial score (nSPS) is 18.4. The van der Waals surface area contributed by atoms with E-state index < -0.39 is 0 Å². The minimum absolute atomic E-state index is 0.792. The lowest BCUT2D eigenvalue weighted by Crippen LogP contribution is -2.20. The molecule has 0 radical (unpaired) electrons. The van der Waals surface area contributed by atoms with E-state index >= 15 is 0 Å². The van der Waals surface area contributed by atoms with Gasteiger partial charge in [-0.15, -0.1) is 0 Å². The monoisotopic (exact) mass is 450 g/mol. The molecule has 3 nitrogen and oxygen atoms in total. The summed E-state index contributed by atoms with van der Waals surface area (Å²) in [6.45, 7) is 5.33. The van der Waals surface area contributed by atoms with Gasteiger partial charge in [0.15, 0.2) is 5.82 Å². The van der Waals surface area contributed by atoms with Crippen molar-refractivity contribution in [2.24, 2.45) is 11.8 Å². The largest absolute Gasteiger partial charge is 0.494 e. The van der Waals surface area contributed by atoms with Crippen molar-refractivity contribution >= 4 is 0 Å². The summed E-state index contributed by atoms with van der Waals surface area (Å²) >= 11 is 0. The first kappa shape index (κ1) is 25.7. The number of aryl methyl sites for hydroxylation is 1. The predicted octanol–water partition coefficient (Wildman–Crippen LogP) is 8.81. The molecular formula is C30H46N2O. The highest BCUT2D eigenvalue weighted by atomic mass is 16.5. The third-order valence-electron chi connectivity index (χ3n) is 7.37. The Kier molecular flexibility index (Phi) is 11.8. The molecule has 1 aromatic carbocycles. The molecule has 3 heteroatoms. The van der Waals surface area contributed by atoms with E-state index in [0.29, 0.717) is 0 Å². The molecule has 1 saturated carbocycles. The first-order chi connectivity index (χ1) is 16.3. The molecule has 182 valence electrons. The number of nitrogens with zero attached hydrogens (tertiary/aromatic N) is 2. The van der Waals surface area contributed by atoms with Crippen LogP contribution in [-0.4, -0.2) is 16.6 Å². The molecule has 1 heterocycles. The Morgan fingerprint density at radius 3 is 2.06 bits per heavy atom. The third kappa shape index (κ3) is 9.10. The fourth-order valence-corrected chi connectivity index (χ4v) is 5.30. The van der Waals surface area contributed by atoms with Crippen LogP contribution in [0.2, 0.25) is 0 Å². The maximum Gasteiger partial charge on any atom is 0.159 e. The fourth-order valence-electron chi connectivity index (χ4n) is 5.30. The Hall–Kier alpha value is -1.90. The predicted molar refractivity (Wildman–Crippen MR) is 140 cm³/mol. The maximum atomic E-state index is 6.07. The van der Waals surface area contributed by atoms with E-state index in [2.05, 4.69) is 48.1 Å². The van der Waals surface area contributed by atoms with Crippen LogP contribution in [0.15, 0.2) is 36.7 Å². The molecule has 2 atom stereocenters.